The van der Waals surface area contributed by atoms with Gasteiger partial charge in [0.15, 0.2) is 5.79 Å². The van der Waals surface area contributed by atoms with Gasteiger partial charge in [0.05, 0.1) is 29.8 Å². The lowest BCUT2D eigenvalue weighted by molar-refractivity contribution is -0.384. The third-order valence-corrected chi connectivity index (χ3v) is 5.19. The zero-order valence-corrected chi connectivity index (χ0v) is 15.5. The number of rotatable bonds is 4. The van der Waals surface area contributed by atoms with Crippen molar-refractivity contribution in [1.29, 1.82) is 5.26 Å². The van der Waals surface area contributed by atoms with Crippen LogP contribution >= 0.6 is 0 Å². The SMILES string of the molecule is CC1(C)CC2(C[C@](C)(CNc3cc(C#N)ccc3[N+](=O)[O-])C1)OCCO2. The van der Waals surface area contributed by atoms with E-state index >= 15 is 0 Å². The molecule has 1 aliphatic carbocycles. The quantitative estimate of drug-likeness (QED) is 0.648. The first-order valence-corrected chi connectivity index (χ1v) is 8.86. The Morgan fingerprint density at radius 3 is 2.54 bits per heavy atom. The molecule has 1 aromatic rings. The molecule has 7 nitrogen and oxygen atoms in total. The van der Waals surface area contributed by atoms with Crippen molar-refractivity contribution in [3.05, 3.63) is 33.9 Å². The van der Waals surface area contributed by atoms with E-state index in [-0.39, 0.29) is 16.5 Å². The molecule has 1 N–H and O–H groups in total. The van der Waals surface area contributed by atoms with Gasteiger partial charge in [0.2, 0.25) is 0 Å². The predicted molar refractivity (Wildman–Crippen MR) is 96.7 cm³/mol. The third kappa shape index (κ3) is 3.81. The molecule has 1 atom stereocenters. The summed E-state index contributed by atoms with van der Waals surface area (Å²) in [6.07, 6.45) is 2.54. The highest BCUT2D eigenvalue weighted by atomic mass is 16.7. The van der Waals surface area contributed by atoms with E-state index in [1.54, 1.807) is 0 Å². The van der Waals surface area contributed by atoms with Gasteiger partial charge in [0.1, 0.15) is 5.69 Å². The Labute approximate surface area is 153 Å². The smallest absolute Gasteiger partial charge is 0.292 e. The maximum Gasteiger partial charge on any atom is 0.292 e. The fraction of sp³-hybridized carbons (Fsp3) is 0.632. The molecular formula is C19H25N3O4. The van der Waals surface area contributed by atoms with Gasteiger partial charge in [-0.25, -0.2) is 0 Å². The average Bonchev–Trinajstić information content (AvgIpc) is 2.97. The van der Waals surface area contributed by atoms with Crippen LogP contribution in [0.1, 0.15) is 45.6 Å². The summed E-state index contributed by atoms with van der Waals surface area (Å²) in [5.74, 6) is -0.557. The summed E-state index contributed by atoms with van der Waals surface area (Å²) in [5.41, 5.74) is 0.639. The normalized spacial score (nSPS) is 26.4. The van der Waals surface area contributed by atoms with Crippen LogP contribution in [0.15, 0.2) is 18.2 Å². The fourth-order valence-corrected chi connectivity index (χ4v) is 4.76. The molecule has 0 amide bonds. The van der Waals surface area contributed by atoms with E-state index in [0.29, 0.717) is 31.0 Å². The Morgan fingerprint density at radius 1 is 1.23 bits per heavy atom. The summed E-state index contributed by atoms with van der Waals surface area (Å²) in [7, 11) is 0. The highest BCUT2D eigenvalue weighted by Gasteiger charge is 2.52. The molecule has 2 aliphatic rings. The second kappa shape index (κ2) is 6.53. The Hall–Kier alpha value is -2.17. The topological polar surface area (TPSA) is 97.4 Å². The van der Waals surface area contributed by atoms with Gasteiger partial charge in [-0.15, -0.1) is 0 Å². The maximum absolute atomic E-state index is 11.3. The largest absolute Gasteiger partial charge is 0.379 e. The van der Waals surface area contributed by atoms with E-state index in [1.807, 2.05) is 6.07 Å². The zero-order chi connectivity index (χ0) is 19.0. The number of nitrogens with one attached hydrogen (secondary N) is 1. The number of benzene rings is 1. The van der Waals surface area contributed by atoms with Crippen molar-refractivity contribution in [2.45, 2.75) is 45.8 Å². The van der Waals surface area contributed by atoms with Crippen LogP contribution in [0.4, 0.5) is 11.4 Å². The van der Waals surface area contributed by atoms with Crippen LogP contribution < -0.4 is 5.32 Å². The Kier molecular flexibility index (Phi) is 4.67. The van der Waals surface area contributed by atoms with Crippen LogP contribution in [0, 0.1) is 32.3 Å². The molecule has 2 fully saturated rings. The second-order valence-corrected chi connectivity index (χ2v) is 8.57. The molecule has 140 valence electrons. The van der Waals surface area contributed by atoms with Gasteiger partial charge in [0.25, 0.3) is 5.69 Å². The number of nitro groups is 1. The van der Waals surface area contributed by atoms with Gasteiger partial charge >= 0.3 is 0 Å². The minimum absolute atomic E-state index is 0.0225. The van der Waals surface area contributed by atoms with Gasteiger partial charge in [0, 0.05) is 25.5 Å². The van der Waals surface area contributed by atoms with Crippen molar-refractivity contribution in [1.82, 2.24) is 0 Å². The number of nitro benzene ring substituents is 1. The lowest BCUT2D eigenvalue weighted by Gasteiger charge is -2.50. The standard InChI is InChI=1S/C19H25N3O4/c1-17(2)10-18(3,12-19(11-17)25-6-7-26-19)13-21-15-8-14(9-20)4-5-16(15)22(23)24/h4-5,8,21H,6-7,10-13H2,1-3H3/t18-/m1/s1. The molecule has 0 bridgehead atoms. The molecule has 1 aliphatic heterocycles. The average molecular weight is 359 g/mol. The third-order valence-electron chi connectivity index (χ3n) is 5.19. The molecule has 1 heterocycles. The van der Waals surface area contributed by atoms with E-state index in [1.165, 1.54) is 18.2 Å². The van der Waals surface area contributed by atoms with E-state index in [9.17, 15) is 10.1 Å². The molecule has 1 spiro atoms. The number of nitrogens with zero attached hydrogens (tertiary/aromatic N) is 2. The highest BCUT2D eigenvalue weighted by Crippen LogP contribution is 2.53. The van der Waals surface area contributed by atoms with Crippen molar-refractivity contribution in [2.24, 2.45) is 10.8 Å². The monoisotopic (exact) mass is 359 g/mol. The minimum atomic E-state index is -0.557. The van der Waals surface area contributed by atoms with Gasteiger partial charge in [-0.3, -0.25) is 10.1 Å². The minimum Gasteiger partial charge on any atom is -0.379 e. The molecule has 1 aromatic carbocycles. The van der Waals surface area contributed by atoms with E-state index in [2.05, 4.69) is 26.1 Å². The summed E-state index contributed by atoms with van der Waals surface area (Å²) in [6.45, 7) is 8.32. The first kappa shape index (κ1) is 18.6. The Balaban J connectivity index is 1.82. The summed E-state index contributed by atoms with van der Waals surface area (Å²) >= 11 is 0. The lowest BCUT2D eigenvalue weighted by Crippen LogP contribution is -2.50. The van der Waals surface area contributed by atoms with Crippen molar-refractivity contribution in [3.63, 3.8) is 0 Å². The highest BCUT2D eigenvalue weighted by molar-refractivity contribution is 5.64. The molecule has 0 radical (unpaired) electrons. The van der Waals surface area contributed by atoms with Crippen LogP contribution in [-0.2, 0) is 9.47 Å². The lowest BCUT2D eigenvalue weighted by atomic mass is 9.62. The number of hydrogen-bond donors (Lipinski definition) is 1. The first-order chi connectivity index (χ1) is 12.2. The molecule has 26 heavy (non-hydrogen) atoms. The maximum atomic E-state index is 11.3. The molecule has 3 rings (SSSR count). The van der Waals surface area contributed by atoms with E-state index < -0.39 is 10.7 Å². The van der Waals surface area contributed by atoms with Gasteiger partial charge < -0.3 is 14.8 Å². The van der Waals surface area contributed by atoms with E-state index in [0.717, 1.165) is 19.3 Å². The fourth-order valence-electron chi connectivity index (χ4n) is 4.76. The van der Waals surface area contributed by atoms with Crippen LogP contribution in [0.5, 0.6) is 0 Å². The number of anilines is 1. The van der Waals surface area contributed by atoms with Crippen LogP contribution in [-0.4, -0.2) is 30.5 Å². The van der Waals surface area contributed by atoms with Crippen molar-refractivity contribution >= 4 is 11.4 Å². The molecular weight excluding hydrogens is 334 g/mol. The van der Waals surface area contributed by atoms with Crippen LogP contribution in [0.2, 0.25) is 0 Å². The Morgan fingerprint density at radius 2 is 1.92 bits per heavy atom. The van der Waals surface area contributed by atoms with Gasteiger partial charge in [-0.2, -0.15) is 5.26 Å². The summed E-state index contributed by atoms with van der Waals surface area (Å²) < 4.78 is 11.9. The van der Waals surface area contributed by atoms with Crippen LogP contribution in [0.25, 0.3) is 0 Å². The van der Waals surface area contributed by atoms with Crippen molar-refractivity contribution in [2.75, 3.05) is 25.1 Å². The second-order valence-electron chi connectivity index (χ2n) is 8.57. The predicted octanol–water partition coefficient (Wildman–Crippen LogP) is 3.84. The molecule has 1 saturated heterocycles. The molecule has 0 unspecified atom stereocenters. The Bertz CT molecular complexity index is 750. The number of nitriles is 1. The molecule has 0 aromatic heterocycles. The first-order valence-electron chi connectivity index (χ1n) is 8.86. The summed E-state index contributed by atoms with van der Waals surface area (Å²) in [5, 5.41) is 23.6. The van der Waals surface area contributed by atoms with Gasteiger partial charge in [-0.1, -0.05) is 20.8 Å². The molecule has 7 heteroatoms. The van der Waals surface area contributed by atoms with Crippen LogP contribution in [0.3, 0.4) is 0 Å². The number of ether oxygens (including phenoxy) is 2. The zero-order valence-electron chi connectivity index (χ0n) is 15.5. The van der Waals surface area contributed by atoms with Crippen molar-refractivity contribution in [3.8, 4) is 6.07 Å². The number of hydrogen-bond acceptors (Lipinski definition) is 6. The van der Waals surface area contributed by atoms with Gasteiger partial charge in [-0.05, 0) is 29.4 Å². The van der Waals surface area contributed by atoms with E-state index in [4.69, 9.17) is 14.7 Å². The van der Waals surface area contributed by atoms with Crippen molar-refractivity contribution < 1.29 is 14.4 Å². The molecule has 1 saturated carbocycles. The summed E-state index contributed by atoms with van der Waals surface area (Å²) in [4.78, 5) is 10.9. The summed E-state index contributed by atoms with van der Waals surface area (Å²) in [6, 6.07) is 6.40.